The molecule has 2 rings (SSSR count). The molecule has 6 heteroatoms. The van der Waals surface area contributed by atoms with Crippen molar-refractivity contribution in [1.29, 1.82) is 0 Å². The van der Waals surface area contributed by atoms with Crippen LogP contribution in [0.1, 0.15) is 20.7 Å². The summed E-state index contributed by atoms with van der Waals surface area (Å²) in [4.78, 5) is 23.4. The van der Waals surface area contributed by atoms with Gasteiger partial charge in [-0.05, 0) is 36.4 Å². The molecule has 3 N–H and O–H groups in total. The summed E-state index contributed by atoms with van der Waals surface area (Å²) in [6.07, 6.45) is 0. The van der Waals surface area contributed by atoms with E-state index in [9.17, 15) is 19.8 Å². The van der Waals surface area contributed by atoms with Crippen molar-refractivity contribution >= 4 is 23.5 Å². The number of thioether (sulfide) groups is 1. The van der Waals surface area contributed by atoms with Gasteiger partial charge in [-0.25, -0.2) is 4.79 Å². The molecule has 0 atom stereocenters. The molecule has 0 bridgehead atoms. The van der Waals surface area contributed by atoms with Gasteiger partial charge in [0.25, 0.3) is 0 Å². The maximum Gasteiger partial charge on any atom is 0.335 e. The van der Waals surface area contributed by atoms with Gasteiger partial charge in [0.1, 0.15) is 11.5 Å². The van der Waals surface area contributed by atoms with Gasteiger partial charge in [0.05, 0.1) is 16.9 Å². The van der Waals surface area contributed by atoms with Crippen LogP contribution in [0.25, 0.3) is 0 Å². The highest BCUT2D eigenvalue weighted by Crippen LogP contribution is 2.26. The lowest BCUT2D eigenvalue weighted by Crippen LogP contribution is -2.02. The van der Waals surface area contributed by atoms with Crippen molar-refractivity contribution in [2.45, 2.75) is 4.90 Å². The van der Waals surface area contributed by atoms with Crippen LogP contribution < -0.4 is 0 Å². The van der Waals surface area contributed by atoms with E-state index in [1.165, 1.54) is 36.0 Å². The summed E-state index contributed by atoms with van der Waals surface area (Å²) in [7, 11) is 0. The normalized spacial score (nSPS) is 10.3. The first kappa shape index (κ1) is 14.9. The van der Waals surface area contributed by atoms with Crippen molar-refractivity contribution in [2.75, 3.05) is 5.75 Å². The fourth-order valence-corrected chi connectivity index (χ4v) is 2.46. The molecule has 21 heavy (non-hydrogen) atoms. The summed E-state index contributed by atoms with van der Waals surface area (Å²) in [6.45, 7) is 0. The highest BCUT2D eigenvalue weighted by molar-refractivity contribution is 8.00. The molecule has 0 unspecified atom stereocenters. The van der Waals surface area contributed by atoms with E-state index in [2.05, 4.69) is 0 Å². The summed E-state index contributed by atoms with van der Waals surface area (Å²) in [5.41, 5.74) is 0.323. The van der Waals surface area contributed by atoms with Gasteiger partial charge in [0.2, 0.25) is 0 Å². The molecule has 0 saturated heterocycles. The third-order valence-corrected chi connectivity index (χ3v) is 3.76. The Morgan fingerprint density at radius 3 is 2.24 bits per heavy atom. The van der Waals surface area contributed by atoms with Gasteiger partial charge in [0.15, 0.2) is 5.78 Å². The fraction of sp³-hybridized carbons (Fsp3) is 0.0667. The molecule has 0 aliphatic heterocycles. The fourth-order valence-electron chi connectivity index (χ4n) is 1.68. The highest BCUT2D eigenvalue weighted by atomic mass is 32.2. The van der Waals surface area contributed by atoms with Crippen molar-refractivity contribution in [3.05, 3.63) is 53.6 Å². The number of carboxylic acids is 1. The minimum absolute atomic E-state index is 0.102. The summed E-state index contributed by atoms with van der Waals surface area (Å²) in [5, 5.41) is 27.6. The molecule has 0 aliphatic carbocycles. The minimum Gasteiger partial charge on any atom is -0.508 e. The van der Waals surface area contributed by atoms with E-state index in [-0.39, 0.29) is 34.2 Å². The Kier molecular flexibility index (Phi) is 4.49. The van der Waals surface area contributed by atoms with Crippen LogP contribution in [0.2, 0.25) is 0 Å². The van der Waals surface area contributed by atoms with Crippen molar-refractivity contribution < 1.29 is 24.9 Å². The molecule has 0 fully saturated rings. The lowest BCUT2D eigenvalue weighted by Gasteiger charge is -2.05. The number of benzene rings is 2. The van der Waals surface area contributed by atoms with Crippen LogP contribution in [0.4, 0.5) is 0 Å². The van der Waals surface area contributed by atoms with Gasteiger partial charge in [0, 0.05) is 11.0 Å². The van der Waals surface area contributed by atoms with Crippen LogP contribution in [-0.2, 0) is 0 Å². The number of hydrogen-bond acceptors (Lipinski definition) is 5. The predicted molar refractivity (Wildman–Crippen MR) is 78.2 cm³/mol. The standard InChI is InChI=1S/C15H12O5S/c16-10-3-6-12(13(17)7-10)14(18)8-21-11-4-1-9(2-5-11)15(19)20/h1-7,16-17H,8H2,(H,19,20). The second kappa shape index (κ2) is 6.32. The number of Topliss-reactive ketones (excluding diaryl/α,β-unsaturated/α-hetero) is 1. The average Bonchev–Trinajstić information content (AvgIpc) is 2.45. The number of ketones is 1. The van der Waals surface area contributed by atoms with Gasteiger partial charge in [-0.2, -0.15) is 0 Å². The quantitative estimate of drug-likeness (QED) is 0.581. The smallest absolute Gasteiger partial charge is 0.335 e. The molecule has 108 valence electrons. The number of phenolic OH excluding ortho intramolecular Hbond substituents is 2. The van der Waals surface area contributed by atoms with E-state index in [1.54, 1.807) is 12.1 Å². The van der Waals surface area contributed by atoms with Crippen LogP contribution in [-0.4, -0.2) is 32.8 Å². The van der Waals surface area contributed by atoms with Gasteiger partial charge in [-0.15, -0.1) is 11.8 Å². The van der Waals surface area contributed by atoms with Crippen molar-refractivity contribution in [3.63, 3.8) is 0 Å². The number of aromatic carboxylic acids is 1. The number of carboxylic acid groups (broad SMARTS) is 1. The average molecular weight is 304 g/mol. The maximum absolute atomic E-state index is 12.0. The minimum atomic E-state index is -1.00. The lowest BCUT2D eigenvalue weighted by atomic mass is 10.1. The van der Waals surface area contributed by atoms with Gasteiger partial charge >= 0.3 is 5.97 Å². The lowest BCUT2D eigenvalue weighted by molar-refractivity contribution is 0.0696. The Labute approximate surface area is 124 Å². The van der Waals surface area contributed by atoms with Crippen LogP contribution in [0.3, 0.4) is 0 Å². The monoisotopic (exact) mass is 304 g/mol. The molecule has 0 spiro atoms. The molecule has 2 aromatic rings. The Morgan fingerprint density at radius 1 is 1.00 bits per heavy atom. The zero-order valence-electron chi connectivity index (χ0n) is 10.8. The van der Waals surface area contributed by atoms with Crippen LogP contribution >= 0.6 is 11.8 Å². The second-order valence-corrected chi connectivity index (χ2v) is 5.29. The number of carbonyl (C=O) groups excluding carboxylic acids is 1. The second-order valence-electron chi connectivity index (χ2n) is 4.24. The van der Waals surface area contributed by atoms with Gasteiger partial charge in [-0.1, -0.05) is 0 Å². The number of rotatable bonds is 5. The SMILES string of the molecule is O=C(O)c1ccc(SCC(=O)c2ccc(O)cc2O)cc1. The van der Waals surface area contributed by atoms with Crippen LogP contribution in [0, 0.1) is 0 Å². The molecule has 0 aliphatic rings. The van der Waals surface area contributed by atoms with Gasteiger partial charge in [-0.3, -0.25) is 4.79 Å². The Bertz CT molecular complexity index is 679. The predicted octanol–water partition coefficient (Wildman–Crippen LogP) is 2.77. The Balaban J connectivity index is 2.02. The molecule has 0 amide bonds. The number of aromatic hydroxyl groups is 2. The Hall–Kier alpha value is -2.47. The maximum atomic E-state index is 12.0. The Morgan fingerprint density at radius 2 is 1.67 bits per heavy atom. The number of carbonyl (C=O) groups is 2. The van der Waals surface area contributed by atoms with E-state index in [0.29, 0.717) is 0 Å². The summed E-state index contributed by atoms with van der Waals surface area (Å²) in [6, 6.07) is 9.98. The molecular formula is C15H12O5S. The van der Waals surface area contributed by atoms with Gasteiger partial charge < -0.3 is 15.3 Å². The first-order valence-electron chi connectivity index (χ1n) is 5.98. The zero-order valence-corrected chi connectivity index (χ0v) is 11.6. The zero-order chi connectivity index (χ0) is 15.4. The van der Waals surface area contributed by atoms with E-state index in [1.807, 2.05) is 0 Å². The molecule has 0 aromatic heterocycles. The molecule has 0 heterocycles. The number of phenols is 2. The van der Waals surface area contributed by atoms with E-state index < -0.39 is 5.97 Å². The van der Waals surface area contributed by atoms with Crippen molar-refractivity contribution in [3.8, 4) is 11.5 Å². The largest absolute Gasteiger partial charge is 0.508 e. The molecule has 0 radical (unpaired) electrons. The topological polar surface area (TPSA) is 94.8 Å². The first-order valence-corrected chi connectivity index (χ1v) is 6.97. The molecule has 2 aromatic carbocycles. The third kappa shape index (κ3) is 3.76. The highest BCUT2D eigenvalue weighted by Gasteiger charge is 2.12. The first-order chi connectivity index (χ1) is 9.97. The van der Waals surface area contributed by atoms with Crippen LogP contribution in [0.5, 0.6) is 11.5 Å². The van der Waals surface area contributed by atoms with E-state index in [0.717, 1.165) is 11.0 Å². The summed E-state index contributed by atoms with van der Waals surface area (Å²) >= 11 is 1.24. The third-order valence-electron chi connectivity index (χ3n) is 2.75. The molecular weight excluding hydrogens is 292 g/mol. The van der Waals surface area contributed by atoms with Crippen LogP contribution in [0.15, 0.2) is 47.4 Å². The van der Waals surface area contributed by atoms with E-state index in [4.69, 9.17) is 5.11 Å². The van der Waals surface area contributed by atoms with E-state index >= 15 is 0 Å². The molecule has 0 saturated carbocycles. The molecule has 5 nitrogen and oxygen atoms in total. The van der Waals surface area contributed by atoms with Crippen molar-refractivity contribution in [2.24, 2.45) is 0 Å². The number of hydrogen-bond donors (Lipinski definition) is 3. The summed E-state index contributed by atoms with van der Waals surface area (Å²) in [5.74, 6) is -1.55. The van der Waals surface area contributed by atoms with Crippen molar-refractivity contribution in [1.82, 2.24) is 0 Å². The summed E-state index contributed by atoms with van der Waals surface area (Å²) < 4.78 is 0.